The van der Waals surface area contributed by atoms with Crippen LogP contribution < -0.4 is 0 Å². The summed E-state index contributed by atoms with van der Waals surface area (Å²) >= 11 is 3.17. The standard InChI is InChI=1S/C10H8O2S2/c1-13-9-5-14-8-3-2-7(12)6(4-11)10(8)9/h2-5,12H,1H3. The normalized spacial score (nSPS) is 10.6. The molecule has 2 nitrogen and oxygen atoms in total. The number of carbonyl (C=O) groups excluding carboxylic acids is 1. The van der Waals surface area contributed by atoms with Gasteiger partial charge in [0.1, 0.15) is 5.75 Å². The highest BCUT2D eigenvalue weighted by Gasteiger charge is 2.11. The van der Waals surface area contributed by atoms with E-state index in [1.807, 2.05) is 17.7 Å². The number of thioether (sulfide) groups is 1. The van der Waals surface area contributed by atoms with E-state index < -0.39 is 0 Å². The number of fused-ring (bicyclic) bond motifs is 1. The maximum absolute atomic E-state index is 10.8. The van der Waals surface area contributed by atoms with Crippen molar-refractivity contribution >= 4 is 39.5 Å². The van der Waals surface area contributed by atoms with Crippen molar-refractivity contribution in [1.29, 1.82) is 0 Å². The fourth-order valence-corrected chi connectivity index (χ4v) is 3.24. The number of hydrogen-bond donors (Lipinski definition) is 1. The number of rotatable bonds is 2. The average molecular weight is 224 g/mol. The maximum atomic E-state index is 10.8. The van der Waals surface area contributed by atoms with Crippen LogP contribution in [-0.4, -0.2) is 17.6 Å². The van der Waals surface area contributed by atoms with Crippen molar-refractivity contribution in [3.05, 3.63) is 23.1 Å². The third kappa shape index (κ3) is 1.31. The molecule has 0 radical (unpaired) electrons. The highest BCUT2D eigenvalue weighted by atomic mass is 32.2. The van der Waals surface area contributed by atoms with Gasteiger partial charge in [-0.1, -0.05) is 0 Å². The molecule has 1 heterocycles. The molecule has 72 valence electrons. The molecule has 0 bridgehead atoms. The van der Waals surface area contributed by atoms with Gasteiger partial charge in [-0.15, -0.1) is 23.1 Å². The second kappa shape index (κ2) is 3.63. The van der Waals surface area contributed by atoms with Gasteiger partial charge in [-0.3, -0.25) is 4.79 Å². The van der Waals surface area contributed by atoms with Crippen LogP contribution in [0.1, 0.15) is 10.4 Å². The lowest BCUT2D eigenvalue weighted by Gasteiger charge is -2.00. The number of phenols is 1. The van der Waals surface area contributed by atoms with Crippen molar-refractivity contribution < 1.29 is 9.90 Å². The van der Waals surface area contributed by atoms with Crippen LogP contribution in [0.3, 0.4) is 0 Å². The van der Waals surface area contributed by atoms with Crippen LogP contribution in [0.2, 0.25) is 0 Å². The zero-order chi connectivity index (χ0) is 10.1. The van der Waals surface area contributed by atoms with Crippen molar-refractivity contribution in [3.63, 3.8) is 0 Å². The summed E-state index contributed by atoms with van der Waals surface area (Å²) in [5, 5.41) is 12.4. The summed E-state index contributed by atoms with van der Waals surface area (Å²) in [7, 11) is 0. The third-order valence-corrected chi connectivity index (χ3v) is 3.92. The number of aldehydes is 1. The van der Waals surface area contributed by atoms with E-state index in [9.17, 15) is 9.90 Å². The van der Waals surface area contributed by atoms with Crippen molar-refractivity contribution in [1.82, 2.24) is 0 Å². The van der Waals surface area contributed by atoms with Crippen LogP contribution in [-0.2, 0) is 0 Å². The molecule has 1 aromatic carbocycles. The quantitative estimate of drug-likeness (QED) is 0.629. The van der Waals surface area contributed by atoms with Crippen molar-refractivity contribution in [3.8, 4) is 5.75 Å². The van der Waals surface area contributed by atoms with Gasteiger partial charge in [0.05, 0.1) is 5.56 Å². The number of phenolic OH excluding ortho intramolecular Hbond substituents is 1. The zero-order valence-corrected chi connectivity index (χ0v) is 9.11. The van der Waals surface area contributed by atoms with Gasteiger partial charge in [-0.05, 0) is 18.4 Å². The Morgan fingerprint density at radius 1 is 1.50 bits per heavy atom. The minimum absolute atomic E-state index is 0.0567. The SMILES string of the molecule is CSc1csc2ccc(O)c(C=O)c12. The van der Waals surface area contributed by atoms with E-state index in [-0.39, 0.29) is 5.75 Å². The molecule has 0 aliphatic rings. The van der Waals surface area contributed by atoms with Crippen LogP contribution >= 0.6 is 23.1 Å². The van der Waals surface area contributed by atoms with Gasteiger partial charge in [0, 0.05) is 20.4 Å². The van der Waals surface area contributed by atoms with Gasteiger partial charge < -0.3 is 5.11 Å². The number of benzene rings is 1. The van der Waals surface area contributed by atoms with Gasteiger partial charge in [0.2, 0.25) is 0 Å². The lowest BCUT2D eigenvalue weighted by Crippen LogP contribution is -1.82. The van der Waals surface area contributed by atoms with Crippen LogP contribution in [0.5, 0.6) is 5.75 Å². The van der Waals surface area contributed by atoms with Crippen molar-refractivity contribution in [2.24, 2.45) is 0 Å². The van der Waals surface area contributed by atoms with E-state index in [4.69, 9.17) is 0 Å². The van der Waals surface area contributed by atoms with E-state index in [2.05, 4.69) is 0 Å². The molecule has 0 amide bonds. The van der Waals surface area contributed by atoms with Crippen molar-refractivity contribution in [2.45, 2.75) is 4.90 Å². The molecule has 0 saturated carbocycles. The minimum atomic E-state index is 0.0567. The molecule has 2 aromatic rings. The van der Waals surface area contributed by atoms with Gasteiger partial charge in [0.25, 0.3) is 0 Å². The monoisotopic (exact) mass is 224 g/mol. The summed E-state index contributed by atoms with van der Waals surface area (Å²) in [6.45, 7) is 0. The van der Waals surface area contributed by atoms with Crippen LogP contribution in [0.25, 0.3) is 10.1 Å². The first-order valence-electron chi connectivity index (χ1n) is 4.00. The molecule has 1 N–H and O–H groups in total. The van der Waals surface area contributed by atoms with E-state index in [0.29, 0.717) is 11.8 Å². The molecule has 14 heavy (non-hydrogen) atoms. The molecular formula is C10H8O2S2. The van der Waals surface area contributed by atoms with Crippen LogP contribution in [0.15, 0.2) is 22.4 Å². The Balaban J connectivity index is 2.88. The Bertz CT molecular complexity index is 488. The molecule has 1 aromatic heterocycles. The van der Waals surface area contributed by atoms with Gasteiger partial charge in [-0.2, -0.15) is 0 Å². The zero-order valence-electron chi connectivity index (χ0n) is 7.48. The Labute approximate surface area is 89.6 Å². The minimum Gasteiger partial charge on any atom is -0.507 e. The fraction of sp³-hybridized carbons (Fsp3) is 0.100. The summed E-state index contributed by atoms with van der Waals surface area (Å²) in [4.78, 5) is 11.9. The summed E-state index contributed by atoms with van der Waals surface area (Å²) in [5.74, 6) is 0.0567. The van der Waals surface area contributed by atoms with E-state index in [1.54, 1.807) is 29.2 Å². The smallest absolute Gasteiger partial charge is 0.154 e. The summed E-state index contributed by atoms with van der Waals surface area (Å²) in [6.07, 6.45) is 2.67. The molecule has 0 spiro atoms. The largest absolute Gasteiger partial charge is 0.507 e. The lowest BCUT2D eigenvalue weighted by molar-refractivity contribution is 0.112. The highest BCUT2D eigenvalue weighted by Crippen LogP contribution is 2.37. The van der Waals surface area contributed by atoms with Gasteiger partial charge >= 0.3 is 0 Å². The summed E-state index contributed by atoms with van der Waals surface area (Å²) < 4.78 is 1.04. The molecule has 0 fully saturated rings. The molecule has 0 atom stereocenters. The fourth-order valence-electron chi connectivity index (χ4n) is 1.39. The first-order valence-corrected chi connectivity index (χ1v) is 6.10. The van der Waals surface area contributed by atoms with E-state index >= 15 is 0 Å². The number of carbonyl (C=O) groups is 1. The highest BCUT2D eigenvalue weighted by molar-refractivity contribution is 7.99. The summed E-state index contributed by atoms with van der Waals surface area (Å²) in [6, 6.07) is 3.40. The first kappa shape index (κ1) is 9.55. The van der Waals surface area contributed by atoms with Gasteiger partial charge in [-0.25, -0.2) is 0 Å². The number of aromatic hydroxyl groups is 1. The van der Waals surface area contributed by atoms with Crippen LogP contribution in [0.4, 0.5) is 0 Å². The Morgan fingerprint density at radius 3 is 2.93 bits per heavy atom. The van der Waals surface area contributed by atoms with E-state index in [1.165, 1.54) is 0 Å². The Hall–Kier alpha value is -1.00. The Morgan fingerprint density at radius 2 is 2.29 bits per heavy atom. The predicted octanol–water partition coefficient (Wildman–Crippen LogP) is 3.14. The third-order valence-electron chi connectivity index (χ3n) is 2.06. The number of thiophene rings is 1. The lowest BCUT2D eigenvalue weighted by atomic mass is 10.1. The molecular weight excluding hydrogens is 216 g/mol. The molecule has 2 rings (SSSR count). The topological polar surface area (TPSA) is 37.3 Å². The second-order valence-electron chi connectivity index (χ2n) is 2.79. The number of hydrogen-bond acceptors (Lipinski definition) is 4. The molecule has 0 aliphatic heterocycles. The predicted molar refractivity (Wildman–Crippen MR) is 60.7 cm³/mol. The summed E-state index contributed by atoms with van der Waals surface area (Å²) in [5.41, 5.74) is 0.396. The average Bonchev–Trinajstić information content (AvgIpc) is 2.61. The second-order valence-corrected chi connectivity index (χ2v) is 4.55. The molecule has 0 saturated heterocycles. The maximum Gasteiger partial charge on any atom is 0.154 e. The van der Waals surface area contributed by atoms with E-state index in [0.717, 1.165) is 15.0 Å². The molecule has 0 unspecified atom stereocenters. The first-order chi connectivity index (χ1) is 6.77. The van der Waals surface area contributed by atoms with Crippen molar-refractivity contribution in [2.75, 3.05) is 6.26 Å². The van der Waals surface area contributed by atoms with Gasteiger partial charge in [0.15, 0.2) is 6.29 Å². The van der Waals surface area contributed by atoms with Crippen LogP contribution in [0, 0.1) is 0 Å². The molecule has 0 aliphatic carbocycles. The molecule has 4 heteroatoms. The Kier molecular flexibility index (Phi) is 2.48.